The van der Waals surface area contributed by atoms with Gasteiger partial charge in [-0.2, -0.15) is 13.5 Å². The quantitative estimate of drug-likeness (QED) is 0.817. The van der Waals surface area contributed by atoms with Crippen LogP contribution in [0, 0.1) is 0 Å². The lowest BCUT2D eigenvalue weighted by Crippen LogP contribution is -1.99. The van der Waals surface area contributed by atoms with Crippen molar-refractivity contribution in [2.75, 3.05) is 6.61 Å². The van der Waals surface area contributed by atoms with E-state index in [1.807, 2.05) is 0 Å². The van der Waals surface area contributed by atoms with Gasteiger partial charge in [0, 0.05) is 18.1 Å². The average molecular weight is 221 g/mol. The number of aliphatic hydroxyl groups excluding tert-OH is 2. The molecule has 0 saturated heterocycles. The van der Waals surface area contributed by atoms with Gasteiger partial charge in [0.05, 0.1) is 6.10 Å². The molecule has 2 N–H and O–H groups in total. The zero-order valence-corrected chi connectivity index (χ0v) is 8.83. The van der Waals surface area contributed by atoms with Crippen LogP contribution in [0.4, 0.5) is 0 Å². The standard InChI is InChI=1S/C9H11ClO2.H2S/c10-8-3-1-2-7(6-8)9(12)4-5-11;/h1-3,6,9,11-12H,4-5H2;1H2/t9-;/m0./s1. The minimum Gasteiger partial charge on any atom is -0.396 e. The highest BCUT2D eigenvalue weighted by Crippen LogP contribution is 2.19. The van der Waals surface area contributed by atoms with E-state index < -0.39 is 6.10 Å². The number of hydrogen-bond acceptors (Lipinski definition) is 2. The number of halogens is 1. The van der Waals surface area contributed by atoms with Crippen LogP contribution >= 0.6 is 25.1 Å². The molecule has 1 aromatic rings. The Kier molecular flexibility index (Phi) is 6.16. The molecule has 1 rings (SSSR count). The van der Waals surface area contributed by atoms with E-state index in [4.69, 9.17) is 16.7 Å². The van der Waals surface area contributed by atoms with Crippen molar-refractivity contribution in [3.8, 4) is 0 Å². The smallest absolute Gasteiger partial charge is 0.0812 e. The van der Waals surface area contributed by atoms with Crippen molar-refractivity contribution in [2.24, 2.45) is 0 Å². The third kappa shape index (κ3) is 4.00. The molecule has 0 heterocycles. The van der Waals surface area contributed by atoms with Gasteiger partial charge in [0.2, 0.25) is 0 Å². The number of benzene rings is 1. The van der Waals surface area contributed by atoms with Crippen LogP contribution in [0.5, 0.6) is 0 Å². The van der Waals surface area contributed by atoms with Crippen LogP contribution in [0.2, 0.25) is 5.02 Å². The highest BCUT2D eigenvalue weighted by Gasteiger charge is 2.05. The Morgan fingerprint density at radius 2 is 2.08 bits per heavy atom. The topological polar surface area (TPSA) is 40.5 Å². The van der Waals surface area contributed by atoms with Crippen molar-refractivity contribution in [1.82, 2.24) is 0 Å². The van der Waals surface area contributed by atoms with Crippen molar-refractivity contribution >= 4 is 25.1 Å². The van der Waals surface area contributed by atoms with E-state index in [-0.39, 0.29) is 20.1 Å². The van der Waals surface area contributed by atoms with E-state index in [2.05, 4.69) is 0 Å². The third-order valence-electron chi connectivity index (χ3n) is 1.64. The second-order valence-electron chi connectivity index (χ2n) is 2.58. The van der Waals surface area contributed by atoms with Crippen molar-refractivity contribution in [3.63, 3.8) is 0 Å². The second-order valence-corrected chi connectivity index (χ2v) is 3.02. The molecule has 0 radical (unpaired) electrons. The minimum absolute atomic E-state index is 0. The van der Waals surface area contributed by atoms with Gasteiger partial charge in [0.15, 0.2) is 0 Å². The number of aliphatic hydroxyl groups is 2. The van der Waals surface area contributed by atoms with Crippen molar-refractivity contribution < 1.29 is 10.2 Å². The van der Waals surface area contributed by atoms with Gasteiger partial charge in [0.25, 0.3) is 0 Å². The van der Waals surface area contributed by atoms with E-state index in [0.717, 1.165) is 5.56 Å². The fourth-order valence-electron chi connectivity index (χ4n) is 1.00. The molecule has 74 valence electrons. The van der Waals surface area contributed by atoms with Crippen molar-refractivity contribution in [1.29, 1.82) is 0 Å². The summed E-state index contributed by atoms with van der Waals surface area (Å²) in [6.07, 6.45) is -0.269. The Morgan fingerprint density at radius 1 is 1.38 bits per heavy atom. The fourth-order valence-corrected chi connectivity index (χ4v) is 1.20. The molecule has 0 amide bonds. The monoisotopic (exact) mass is 220 g/mol. The molecule has 1 aromatic carbocycles. The van der Waals surface area contributed by atoms with Gasteiger partial charge < -0.3 is 10.2 Å². The molecule has 0 saturated carbocycles. The molecule has 13 heavy (non-hydrogen) atoms. The summed E-state index contributed by atoms with van der Waals surface area (Å²) in [6.45, 7) is -0.0202. The first-order valence-electron chi connectivity index (χ1n) is 3.78. The molecule has 4 heteroatoms. The molecule has 0 aliphatic rings. The van der Waals surface area contributed by atoms with Crippen LogP contribution in [0.3, 0.4) is 0 Å². The second kappa shape index (κ2) is 6.27. The molecule has 0 bridgehead atoms. The normalized spacial score (nSPS) is 11.9. The van der Waals surface area contributed by atoms with E-state index in [9.17, 15) is 5.11 Å². The van der Waals surface area contributed by atoms with Gasteiger partial charge >= 0.3 is 0 Å². The summed E-state index contributed by atoms with van der Waals surface area (Å²) < 4.78 is 0. The molecule has 0 aromatic heterocycles. The summed E-state index contributed by atoms with van der Waals surface area (Å²) in [4.78, 5) is 0. The number of rotatable bonds is 3. The number of hydrogen-bond donors (Lipinski definition) is 2. The van der Waals surface area contributed by atoms with Crippen LogP contribution in [-0.4, -0.2) is 16.8 Å². The van der Waals surface area contributed by atoms with Crippen molar-refractivity contribution in [3.05, 3.63) is 34.9 Å². The van der Waals surface area contributed by atoms with Gasteiger partial charge in [0.1, 0.15) is 0 Å². The Balaban J connectivity index is 0.00000144. The fraction of sp³-hybridized carbons (Fsp3) is 0.333. The predicted molar refractivity (Wildman–Crippen MR) is 58.5 cm³/mol. The van der Waals surface area contributed by atoms with E-state index in [1.54, 1.807) is 24.3 Å². The van der Waals surface area contributed by atoms with E-state index >= 15 is 0 Å². The van der Waals surface area contributed by atoms with Gasteiger partial charge in [-0.1, -0.05) is 23.7 Å². The molecule has 0 aliphatic heterocycles. The zero-order valence-electron chi connectivity index (χ0n) is 7.07. The highest BCUT2D eigenvalue weighted by molar-refractivity contribution is 7.59. The minimum atomic E-state index is -0.617. The molecule has 2 nitrogen and oxygen atoms in total. The predicted octanol–water partition coefficient (Wildman–Crippen LogP) is 1.87. The lowest BCUT2D eigenvalue weighted by atomic mass is 10.1. The lowest BCUT2D eigenvalue weighted by Gasteiger charge is -2.08. The summed E-state index contributed by atoms with van der Waals surface area (Å²) in [6, 6.07) is 7.00. The maximum Gasteiger partial charge on any atom is 0.0812 e. The van der Waals surface area contributed by atoms with Gasteiger partial charge in [-0.05, 0) is 17.7 Å². The molecule has 0 spiro atoms. The first kappa shape index (κ1) is 12.8. The first-order valence-corrected chi connectivity index (χ1v) is 4.16. The summed E-state index contributed by atoms with van der Waals surface area (Å²) in [7, 11) is 0. The van der Waals surface area contributed by atoms with Crippen LogP contribution in [0.25, 0.3) is 0 Å². The Morgan fingerprint density at radius 3 is 2.62 bits per heavy atom. The van der Waals surface area contributed by atoms with Gasteiger partial charge in [-0.15, -0.1) is 0 Å². The maximum absolute atomic E-state index is 9.43. The first-order chi connectivity index (χ1) is 5.74. The summed E-state index contributed by atoms with van der Waals surface area (Å²) in [5.41, 5.74) is 0.747. The van der Waals surface area contributed by atoms with Crippen LogP contribution < -0.4 is 0 Å². The van der Waals surface area contributed by atoms with Crippen LogP contribution in [0.15, 0.2) is 24.3 Å². The third-order valence-corrected chi connectivity index (χ3v) is 1.87. The Bertz CT molecular complexity index is 255. The molecule has 0 aliphatic carbocycles. The summed E-state index contributed by atoms with van der Waals surface area (Å²) in [5, 5.41) is 18.6. The van der Waals surface area contributed by atoms with Gasteiger partial charge in [-0.3, -0.25) is 0 Å². The van der Waals surface area contributed by atoms with E-state index in [1.165, 1.54) is 0 Å². The van der Waals surface area contributed by atoms with E-state index in [0.29, 0.717) is 11.4 Å². The zero-order chi connectivity index (χ0) is 8.97. The average Bonchev–Trinajstić information content (AvgIpc) is 2.05. The molecular weight excluding hydrogens is 208 g/mol. The molecule has 1 atom stereocenters. The molecule has 0 unspecified atom stereocenters. The van der Waals surface area contributed by atoms with Crippen LogP contribution in [0.1, 0.15) is 18.1 Å². The lowest BCUT2D eigenvalue weighted by molar-refractivity contribution is 0.134. The highest BCUT2D eigenvalue weighted by atomic mass is 35.5. The van der Waals surface area contributed by atoms with Crippen molar-refractivity contribution in [2.45, 2.75) is 12.5 Å². The summed E-state index contributed by atoms with van der Waals surface area (Å²) in [5.74, 6) is 0. The largest absolute Gasteiger partial charge is 0.396 e. The SMILES string of the molecule is OCC[C@H](O)c1cccc(Cl)c1.S. The Labute approximate surface area is 89.6 Å². The van der Waals surface area contributed by atoms with Gasteiger partial charge in [-0.25, -0.2) is 0 Å². The molecule has 0 fully saturated rings. The maximum atomic E-state index is 9.43. The Hall–Kier alpha value is -0.220. The summed E-state index contributed by atoms with van der Waals surface area (Å²) >= 11 is 5.72. The van der Waals surface area contributed by atoms with Crippen LogP contribution in [-0.2, 0) is 0 Å². The molecular formula is C9H13ClO2S.